The first-order valence-electron chi connectivity index (χ1n) is 5.89. The Morgan fingerprint density at radius 2 is 2.00 bits per heavy atom. The molecule has 0 aromatic heterocycles. The second-order valence-corrected chi connectivity index (χ2v) is 4.72. The summed E-state index contributed by atoms with van der Waals surface area (Å²) >= 11 is 5.43. The minimum absolute atomic E-state index is 0.234. The second kappa shape index (κ2) is 5.90. The van der Waals surface area contributed by atoms with Crippen molar-refractivity contribution in [2.45, 2.75) is 6.92 Å². The molecule has 0 aliphatic heterocycles. The lowest BCUT2D eigenvalue weighted by molar-refractivity contribution is 0.102. The average molecular weight is 307 g/mol. The Kier molecular flexibility index (Phi) is 4.20. The van der Waals surface area contributed by atoms with Crippen LogP contribution < -0.4 is 5.32 Å². The maximum absolute atomic E-state index is 13.7. The smallest absolute Gasteiger partial charge is 0.258 e. The molecule has 0 aliphatic carbocycles. The molecule has 0 bridgehead atoms. The first-order chi connectivity index (χ1) is 9.93. The maximum Gasteiger partial charge on any atom is 0.258 e. The van der Waals surface area contributed by atoms with Crippen LogP contribution in [0.2, 0.25) is 5.02 Å². The number of amides is 1. The SMILES string of the molecule is Cc1cccc(NC(=O)c2cc(F)c(Cl)cc2F)c1C#N. The van der Waals surface area contributed by atoms with E-state index in [2.05, 4.69) is 5.32 Å². The number of hydrogen-bond acceptors (Lipinski definition) is 2. The summed E-state index contributed by atoms with van der Waals surface area (Å²) in [6.07, 6.45) is 0. The lowest BCUT2D eigenvalue weighted by atomic mass is 10.1. The highest BCUT2D eigenvalue weighted by molar-refractivity contribution is 6.30. The van der Waals surface area contributed by atoms with Gasteiger partial charge >= 0.3 is 0 Å². The molecule has 2 aromatic rings. The lowest BCUT2D eigenvalue weighted by Crippen LogP contribution is -2.15. The summed E-state index contributed by atoms with van der Waals surface area (Å²) in [6.45, 7) is 1.71. The molecule has 0 spiro atoms. The van der Waals surface area contributed by atoms with Crippen molar-refractivity contribution in [3.05, 3.63) is 63.7 Å². The fraction of sp³-hybridized carbons (Fsp3) is 0.0667. The molecule has 2 rings (SSSR count). The van der Waals surface area contributed by atoms with Gasteiger partial charge in [0.15, 0.2) is 0 Å². The fourth-order valence-corrected chi connectivity index (χ4v) is 1.96. The molecule has 0 aliphatic rings. The zero-order valence-corrected chi connectivity index (χ0v) is 11.6. The van der Waals surface area contributed by atoms with E-state index in [1.807, 2.05) is 6.07 Å². The maximum atomic E-state index is 13.7. The minimum atomic E-state index is -0.940. The number of rotatable bonds is 2. The monoisotopic (exact) mass is 306 g/mol. The third-order valence-electron chi connectivity index (χ3n) is 2.89. The molecule has 0 heterocycles. The quantitative estimate of drug-likeness (QED) is 0.851. The molecule has 0 radical (unpaired) electrons. The van der Waals surface area contributed by atoms with E-state index in [0.717, 1.165) is 12.1 Å². The third-order valence-corrected chi connectivity index (χ3v) is 3.18. The summed E-state index contributed by atoms with van der Waals surface area (Å²) in [4.78, 5) is 12.0. The number of anilines is 1. The number of nitrogens with one attached hydrogen (secondary N) is 1. The lowest BCUT2D eigenvalue weighted by Gasteiger charge is -2.09. The largest absolute Gasteiger partial charge is 0.321 e. The summed E-state index contributed by atoms with van der Waals surface area (Å²) in [6, 6.07) is 8.25. The molecular formula is C15H9ClF2N2O. The first-order valence-corrected chi connectivity index (χ1v) is 6.27. The molecule has 2 aromatic carbocycles. The van der Waals surface area contributed by atoms with Crippen LogP contribution in [0.4, 0.5) is 14.5 Å². The Bertz CT molecular complexity index is 769. The molecule has 0 fully saturated rings. The van der Waals surface area contributed by atoms with Crippen LogP contribution in [0.1, 0.15) is 21.5 Å². The van der Waals surface area contributed by atoms with Gasteiger partial charge in [0.1, 0.15) is 17.7 Å². The average Bonchev–Trinajstić information content (AvgIpc) is 2.43. The fourth-order valence-electron chi connectivity index (χ4n) is 1.81. The molecular weight excluding hydrogens is 298 g/mol. The Hall–Kier alpha value is -2.45. The predicted octanol–water partition coefficient (Wildman–Crippen LogP) is 4.05. The molecule has 21 heavy (non-hydrogen) atoms. The molecule has 0 unspecified atom stereocenters. The number of carbonyl (C=O) groups excluding carboxylic acids is 1. The van der Waals surface area contributed by atoms with E-state index < -0.39 is 28.1 Å². The van der Waals surface area contributed by atoms with Crippen molar-refractivity contribution in [2.75, 3.05) is 5.32 Å². The van der Waals surface area contributed by atoms with Gasteiger partial charge in [-0.2, -0.15) is 5.26 Å². The van der Waals surface area contributed by atoms with Gasteiger partial charge in [-0.3, -0.25) is 4.79 Å². The topological polar surface area (TPSA) is 52.9 Å². The highest BCUT2D eigenvalue weighted by Gasteiger charge is 2.17. The normalized spacial score (nSPS) is 10.0. The molecule has 0 atom stereocenters. The first kappa shape index (κ1) is 14.9. The van der Waals surface area contributed by atoms with E-state index in [9.17, 15) is 13.6 Å². The Morgan fingerprint density at radius 3 is 2.67 bits per heavy atom. The highest BCUT2D eigenvalue weighted by atomic mass is 35.5. The number of nitrogens with zero attached hydrogens (tertiary/aromatic N) is 1. The predicted molar refractivity (Wildman–Crippen MR) is 75.2 cm³/mol. The van der Waals surface area contributed by atoms with E-state index in [1.165, 1.54) is 6.07 Å². The summed E-state index contributed by atoms with van der Waals surface area (Å²) in [5.41, 5.74) is 0.679. The molecule has 3 nitrogen and oxygen atoms in total. The standard InChI is InChI=1S/C15H9ClF2N2O/c1-8-3-2-4-14(10(8)7-19)20-15(21)9-5-13(18)11(16)6-12(9)17/h2-6H,1H3,(H,20,21). The Labute approximate surface area is 124 Å². The minimum Gasteiger partial charge on any atom is -0.321 e. The van der Waals surface area contributed by atoms with Crippen molar-refractivity contribution in [1.29, 1.82) is 5.26 Å². The second-order valence-electron chi connectivity index (χ2n) is 4.31. The number of hydrogen-bond donors (Lipinski definition) is 1. The van der Waals surface area contributed by atoms with Crippen molar-refractivity contribution in [3.8, 4) is 6.07 Å². The van der Waals surface area contributed by atoms with Gasteiger partial charge in [0, 0.05) is 0 Å². The van der Waals surface area contributed by atoms with Gasteiger partial charge in [0.25, 0.3) is 5.91 Å². The third kappa shape index (κ3) is 3.01. The summed E-state index contributed by atoms with van der Waals surface area (Å²) < 4.78 is 27.0. The van der Waals surface area contributed by atoms with Gasteiger partial charge in [-0.1, -0.05) is 23.7 Å². The van der Waals surface area contributed by atoms with Crippen LogP contribution in [0, 0.1) is 29.9 Å². The van der Waals surface area contributed by atoms with Crippen LogP contribution >= 0.6 is 11.6 Å². The number of aryl methyl sites for hydroxylation is 1. The van der Waals surface area contributed by atoms with Crippen molar-refractivity contribution < 1.29 is 13.6 Å². The zero-order valence-electron chi connectivity index (χ0n) is 10.9. The molecule has 0 saturated carbocycles. The Morgan fingerprint density at radius 1 is 1.29 bits per heavy atom. The van der Waals surface area contributed by atoms with E-state index in [4.69, 9.17) is 16.9 Å². The Balaban J connectivity index is 2.38. The summed E-state index contributed by atoms with van der Waals surface area (Å²) in [5, 5.41) is 11.1. The van der Waals surface area contributed by atoms with Crippen molar-refractivity contribution >= 4 is 23.2 Å². The van der Waals surface area contributed by atoms with Gasteiger partial charge in [0.05, 0.1) is 21.8 Å². The number of benzene rings is 2. The van der Waals surface area contributed by atoms with E-state index in [1.54, 1.807) is 19.1 Å². The van der Waals surface area contributed by atoms with Gasteiger partial charge in [0.2, 0.25) is 0 Å². The van der Waals surface area contributed by atoms with Crippen LogP contribution in [-0.4, -0.2) is 5.91 Å². The van der Waals surface area contributed by atoms with Gasteiger partial charge in [-0.05, 0) is 30.7 Å². The van der Waals surface area contributed by atoms with E-state index in [-0.39, 0.29) is 11.3 Å². The van der Waals surface area contributed by atoms with Gasteiger partial charge in [-0.15, -0.1) is 0 Å². The summed E-state index contributed by atoms with van der Waals surface area (Å²) in [7, 11) is 0. The van der Waals surface area contributed by atoms with Crippen LogP contribution in [-0.2, 0) is 0 Å². The molecule has 1 N–H and O–H groups in total. The zero-order chi connectivity index (χ0) is 15.6. The van der Waals surface area contributed by atoms with Gasteiger partial charge < -0.3 is 5.32 Å². The van der Waals surface area contributed by atoms with Crippen LogP contribution in [0.3, 0.4) is 0 Å². The summed E-state index contributed by atoms with van der Waals surface area (Å²) in [5.74, 6) is -2.69. The van der Waals surface area contributed by atoms with Crippen molar-refractivity contribution in [2.24, 2.45) is 0 Å². The number of nitriles is 1. The van der Waals surface area contributed by atoms with Crippen LogP contribution in [0.25, 0.3) is 0 Å². The van der Waals surface area contributed by atoms with Gasteiger partial charge in [-0.25, -0.2) is 8.78 Å². The number of carbonyl (C=O) groups is 1. The molecule has 106 valence electrons. The van der Waals surface area contributed by atoms with Crippen LogP contribution in [0.5, 0.6) is 0 Å². The van der Waals surface area contributed by atoms with Crippen molar-refractivity contribution in [1.82, 2.24) is 0 Å². The van der Waals surface area contributed by atoms with E-state index >= 15 is 0 Å². The molecule has 6 heteroatoms. The molecule has 1 amide bonds. The highest BCUT2D eigenvalue weighted by Crippen LogP contribution is 2.22. The molecule has 0 saturated heterocycles. The van der Waals surface area contributed by atoms with Crippen molar-refractivity contribution in [3.63, 3.8) is 0 Å². The number of halogens is 3. The van der Waals surface area contributed by atoms with Crippen LogP contribution in [0.15, 0.2) is 30.3 Å². The van der Waals surface area contributed by atoms with E-state index in [0.29, 0.717) is 5.56 Å².